The standard InChI is InChI=1S/C22H18F3N5O/c1-2-13-7-14(12-26)9-16(8-13)21(31)28-17-4-6-30-19(17)11-18(29-30)15-3-5-27-20(10-15)22(23,24)25/h3,5,7-11,17H,2,4,6H2,1H3,(H,28,31)/t17-/m0/s1. The number of nitriles is 1. The Hall–Kier alpha value is -3.67. The smallest absolute Gasteiger partial charge is 0.344 e. The minimum Gasteiger partial charge on any atom is -0.344 e. The highest BCUT2D eigenvalue weighted by atomic mass is 19.4. The number of pyridine rings is 1. The topological polar surface area (TPSA) is 83.6 Å². The fourth-order valence-corrected chi connectivity index (χ4v) is 3.66. The molecule has 0 bridgehead atoms. The summed E-state index contributed by atoms with van der Waals surface area (Å²) in [7, 11) is 0. The van der Waals surface area contributed by atoms with E-state index in [1.807, 2.05) is 6.92 Å². The predicted octanol–water partition coefficient (Wildman–Crippen LogP) is 4.27. The van der Waals surface area contributed by atoms with Crippen LogP contribution in [-0.2, 0) is 19.1 Å². The SMILES string of the molecule is CCc1cc(C#N)cc(C(=O)N[C@H]2CCn3nc(-c4ccnc(C(F)(F)F)c4)cc32)c1. The van der Waals surface area contributed by atoms with Crippen LogP contribution in [0.4, 0.5) is 13.2 Å². The highest BCUT2D eigenvalue weighted by molar-refractivity contribution is 5.95. The average Bonchev–Trinajstić information content (AvgIpc) is 3.34. The molecule has 1 N–H and O–H groups in total. The van der Waals surface area contributed by atoms with Gasteiger partial charge in [-0.25, -0.2) is 0 Å². The number of alkyl halides is 3. The highest BCUT2D eigenvalue weighted by Gasteiger charge is 2.33. The molecule has 0 fully saturated rings. The van der Waals surface area contributed by atoms with Gasteiger partial charge in [-0.3, -0.25) is 14.5 Å². The molecule has 158 valence electrons. The lowest BCUT2D eigenvalue weighted by Crippen LogP contribution is -2.27. The molecular weight excluding hydrogens is 407 g/mol. The van der Waals surface area contributed by atoms with E-state index in [2.05, 4.69) is 21.5 Å². The van der Waals surface area contributed by atoms with Crippen molar-refractivity contribution in [3.8, 4) is 17.3 Å². The maximum Gasteiger partial charge on any atom is 0.433 e. The van der Waals surface area contributed by atoms with Crippen LogP contribution in [0.25, 0.3) is 11.3 Å². The molecule has 4 rings (SSSR count). The molecule has 6 nitrogen and oxygen atoms in total. The van der Waals surface area contributed by atoms with Crippen LogP contribution in [-0.4, -0.2) is 20.7 Å². The first kappa shape index (κ1) is 20.6. The van der Waals surface area contributed by atoms with Gasteiger partial charge in [0.15, 0.2) is 0 Å². The molecule has 31 heavy (non-hydrogen) atoms. The van der Waals surface area contributed by atoms with Crippen LogP contribution in [0.2, 0.25) is 0 Å². The summed E-state index contributed by atoms with van der Waals surface area (Å²) in [5.74, 6) is -0.309. The Morgan fingerprint density at radius 2 is 2.10 bits per heavy atom. The average molecular weight is 425 g/mol. The third-order valence-corrected chi connectivity index (χ3v) is 5.24. The Morgan fingerprint density at radius 1 is 1.29 bits per heavy atom. The summed E-state index contributed by atoms with van der Waals surface area (Å²) in [6.45, 7) is 2.48. The van der Waals surface area contributed by atoms with E-state index < -0.39 is 11.9 Å². The number of benzene rings is 1. The van der Waals surface area contributed by atoms with Crippen LogP contribution in [0.5, 0.6) is 0 Å². The number of rotatable bonds is 4. The number of nitrogens with zero attached hydrogens (tertiary/aromatic N) is 4. The van der Waals surface area contributed by atoms with Crippen LogP contribution in [0, 0.1) is 11.3 Å². The molecule has 0 saturated carbocycles. The summed E-state index contributed by atoms with van der Waals surface area (Å²) in [6, 6.07) is 10.9. The van der Waals surface area contributed by atoms with E-state index in [1.165, 1.54) is 6.07 Å². The van der Waals surface area contributed by atoms with Gasteiger partial charge >= 0.3 is 6.18 Å². The maximum atomic E-state index is 13.0. The zero-order valence-electron chi connectivity index (χ0n) is 16.6. The van der Waals surface area contributed by atoms with Crippen molar-refractivity contribution in [3.05, 3.63) is 70.7 Å². The van der Waals surface area contributed by atoms with Gasteiger partial charge in [0.1, 0.15) is 5.69 Å². The van der Waals surface area contributed by atoms with Gasteiger partial charge in [-0.05, 0) is 54.8 Å². The first-order chi connectivity index (χ1) is 14.8. The molecule has 0 spiro atoms. The lowest BCUT2D eigenvalue weighted by atomic mass is 10.0. The van der Waals surface area contributed by atoms with Gasteiger partial charge in [0.05, 0.1) is 29.1 Å². The van der Waals surface area contributed by atoms with Crippen molar-refractivity contribution in [2.75, 3.05) is 0 Å². The zero-order chi connectivity index (χ0) is 22.2. The first-order valence-electron chi connectivity index (χ1n) is 9.74. The Bertz CT molecular complexity index is 1190. The number of carbonyl (C=O) groups is 1. The minimum absolute atomic E-state index is 0.309. The summed E-state index contributed by atoms with van der Waals surface area (Å²) in [5, 5.41) is 16.5. The van der Waals surface area contributed by atoms with Crippen molar-refractivity contribution in [2.45, 2.75) is 38.5 Å². The molecule has 3 heterocycles. The third kappa shape index (κ3) is 4.14. The Kier molecular flexibility index (Phi) is 5.23. The van der Waals surface area contributed by atoms with Crippen molar-refractivity contribution in [1.29, 1.82) is 5.26 Å². The summed E-state index contributed by atoms with van der Waals surface area (Å²) in [4.78, 5) is 16.2. The van der Waals surface area contributed by atoms with E-state index >= 15 is 0 Å². The molecule has 1 aromatic carbocycles. The molecule has 1 amide bonds. The van der Waals surface area contributed by atoms with Crippen LogP contribution in [0.3, 0.4) is 0 Å². The molecule has 0 saturated heterocycles. The van der Waals surface area contributed by atoms with Crippen molar-refractivity contribution in [3.63, 3.8) is 0 Å². The molecule has 0 radical (unpaired) electrons. The van der Waals surface area contributed by atoms with E-state index in [-0.39, 0.29) is 11.9 Å². The molecule has 1 atom stereocenters. The summed E-state index contributed by atoms with van der Waals surface area (Å²) < 4.78 is 40.6. The highest BCUT2D eigenvalue weighted by Crippen LogP contribution is 2.33. The van der Waals surface area contributed by atoms with E-state index in [1.54, 1.807) is 28.9 Å². The van der Waals surface area contributed by atoms with E-state index in [4.69, 9.17) is 0 Å². The predicted molar refractivity (Wildman–Crippen MR) is 106 cm³/mol. The van der Waals surface area contributed by atoms with Crippen molar-refractivity contribution < 1.29 is 18.0 Å². The van der Waals surface area contributed by atoms with Gasteiger partial charge in [0, 0.05) is 23.9 Å². The number of fused-ring (bicyclic) bond motifs is 1. The Labute approximate surface area is 176 Å². The van der Waals surface area contributed by atoms with Gasteiger partial charge in [-0.1, -0.05) is 6.92 Å². The van der Waals surface area contributed by atoms with Gasteiger partial charge in [0.2, 0.25) is 0 Å². The Morgan fingerprint density at radius 3 is 2.81 bits per heavy atom. The fraction of sp³-hybridized carbons (Fsp3) is 0.273. The van der Waals surface area contributed by atoms with Gasteiger partial charge < -0.3 is 5.32 Å². The summed E-state index contributed by atoms with van der Waals surface area (Å²) in [6.07, 6.45) is -2.11. The molecular formula is C22H18F3N5O. The molecule has 2 aromatic heterocycles. The first-order valence-corrected chi connectivity index (χ1v) is 9.74. The van der Waals surface area contributed by atoms with Crippen LogP contribution < -0.4 is 5.32 Å². The zero-order valence-corrected chi connectivity index (χ0v) is 16.6. The number of hydrogen-bond donors (Lipinski definition) is 1. The number of amides is 1. The number of aromatic nitrogens is 3. The molecule has 3 aromatic rings. The summed E-state index contributed by atoms with van der Waals surface area (Å²) >= 11 is 0. The molecule has 1 aliphatic heterocycles. The molecule has 0 unspecified atom stereocenters. The largest absolute Gasteiger partial charge is 0.433 e. The van der Waals surface area contributed by atoms with Crippen molar-refractivity contribution in [2.24, 2.45) is 0 Å². The lowest BCUT2D eigenvalue weighted by molar-refractivity contribution is -0.141. The van der Waals surface area contributed by atoms with Crippen LogP contribution in [0.1, 0.15) is 52.3 Å². The number of aryl methyl sites for hydroxylation is 2. The van der Waals surface area contributed by atoms with Crippen LogP contribution >= 0.6 is 0 Å². The normalized spacial score (nSPS) is 15.4. The number of carbonyl (C=O) groups excluding carboxylic acids is 1. The monoisotopic (exact) mass is 425 g/mol. The number of hydrogen-bond acceptors (Lipinski definition) is 4. The molecule has 0 aliphatic carbocycles. The second-order valence-electron chi connectivity index (χ2n) is 7.30. The molecule has 1 aliphatic rings. The maximum absolute atomic E-state index is 13.0. The van der Waals surface area contributed by atoms with E-state index in [0.717, 1.165) is 23.5 Å². The molecule has 9 heteroatoms. The van der Waals surface area contributed by atoms with Crippen molar-refractivity contribution in [1.82, 2.24) is 20.1 Å². The summed E-state index contributed by atoms with van der Waals surface area (Å²) in [5.41, 5.74) is 2.15. The number of nitrogens with one attached hydrogen (secondary N) is 1. The third-order valence-electron chi connectivity index (χ3n) is 5.24. The van der Waals surface area contributed by atoms with E-state index in [9.17, 15) is 23.2 Å². The Balaban J connectivity index is 1.57. The fourth-order valence-electron chi connectivity index (χ4n) is 3.66. The second-order valence-corrected chi connectivity index (χ2v) is 7.30. The minimum atomic E-state index is -4.54. The van der Waals surface area contributed by atoms with Gasteiger partial charge in [-0.15, -0.1) is 0 Å². The van der Waals surface area contributed by atoms with Crippen molar-refractivity contribution >= 4 is 5.91 Å². The lowest BCUT2D eigenvalue weighted by Gasteiger charge is -2.13. The van der Waals surface area contributed by atoms with E-state index in [0.29, 0.717) is 41.8 Å². The van der Waals surface area contributed by atoms with Crippen LogP contribution in [0.15, 0.2) is 42.6 Å². The van der Waals surface area contributed by atoms with Gasteiger partial charge in [0.25, 0.3) is 5.91 Å². The van der Waals surface area contributed by atoms with Gasteiger partial charge in [-0.2, -0.15) is 23.5 Å². The quantitative estimate of drug-likeness (QED) is 0.677. The second kappa shape index (κ2) is 7.87. The number of halogens is 3.